The van der Waals surface area contributed by atoms with Gasteiger partial charge in [-0.2, -0.15) is 0 Å². The number of rotatable bonds is 3. The Morgan fingerprint density at radius 3 is 2.79 bits per heavy atom. The first-order valence-electron chi connectivity index (χ1n) is 7.66. The zero-order chi connectivity index (χ0) is 17.3. The minimum atomic E-state index is -0.490. The molecule has 24 heavy (non-hydrogen) atoms. The molecule has 0 unspecified atom stereocenters. The van der Waals surface area contributed by atoms with E-state index >= 15 is 0 Å². The Labute approximate surface area is 144 Å². The van der Waals surface area contributed by atoms with Gasteiger partial charge in [0, 0.05) is 21.5 Å². The molecule has 0 saturated carbocycles. The van der Waals surface area contributed by atoms with Crippen LogP contribution in [-0.2, 0) is 16.1 Å². The maximum Gasteiger partial charge on any atom is 0.348 e. The summed E-state index contributed by atoms with van der Waals surface area (Å²) >= 11 is 1.36. The molecular formula is C18H19NO4S. The first-order chi connectivity index (χ1) is 11.3. The molecule has 0 bridgehead atoms. The molecular weight excluding hydrogens is 326 g/mol. The van der Waals surface area contributed by atoms with Crippen molar-refractivity contribution >= 4 is 23.2 Å². The average Bonchev–Trinajstić information content (AvgIpc) is 2.95. The Kier molecular flexibility index (Phi) is 4.32. The molecule has 1 aliphatic heterocycles. The lowest BCUT2D eigenvalue weighted by atomic mass is 10.1. The van der Waals surface area contributed by atoms with Crippen molar-refractivity contribution in [3.8, 4) is 16.2 Å². The number of ether oxygens (including phenoxy) is 2. The van der Waals surface area contributed by atoms with E-state index in [0.717, 1.165) is 21.8 Å². The van der Waals surface area contributed by atoms with Gasteiger partial charge in [-0.05, 0) is 39.0 Å². The summed E-state index contributed by atoms with van der Waals surface area (Å²) in [6.45, 7) is 5.76. The van der Waals surface area contributed by atoms with Crippen LogP contribution >= 0.6 is 11.3 Å². The number of carbonyl (C=O) groups is 2. The first-order valence-corrected chi connectivity index (χ1v) is 8.48. The van der Waals surface area contributed by atoms with Crippen LogP contribution in [0.2, 0.25) is 0 Å². The van der Waals surface area contributed by atoms with E-state index < -0.39 is 5.97 Å². The van der Waals surface area contributed by atoms with Gasteiger partial charge < -0.3 is 14.8 Å². The Hall–Kier alpha value is -2.34. The van der Waals surface area contributed by atoms with Crippen molar-refractivity contribution in [2.24, 2.45) is 0 Å². The molecule has 1 aliphatic rings. The monoisotopic (exact) mass is 345 g/mol. The molecule has 1 aromatic heterocycles. The van der Waals surface area contributed by atoms with E-state index in [9.17, 15) is 9.59 Å². The maximum atomic E-state index is 12.2. The summed E-state index contributed by atoms with van der Waals surface area (Å²) in [5.41, 5.74) is 1.59. The van der Waals surface area contributed by atoms with Crippen LogP contribution in [0.25, 0.3) is 10.4 Å². The largest absolute Gasteiger partial charge is 0.488 e. The highest BCUT2D eigenvalue weighted by Gasteiger charge is 2.23. The van der Waals surface area contributed by atoms with Crippen LogP contribution in [0, 0.1) is 0 Å². The van der Waals surface area contributed by atoms with E-state index in [2.05, 4.69) is 5.32 Å². The number of para-hydroxylation sites is 1. The van der Waals surface area contributed by atoms with Crippen molar-refractivity contribution in [2.75, 3.05) is 6.61 Å². The van der Waals surface area contributed by atoms with E-state index in [1.807, 2.05) is 45.0 Å². The second-order valence-electron chi connectivity index (χ2n) is 6.62. The lowest BCUT2D eigenvalue weighted by molar-refractivity contribution is -0.125. The Morgan fingerprint density at radius 1 is 1.29 bits per heavy atom. The number of nitrogens with one attached hydrogen (secondary N) is 1. The van der Waals surface area contributed by atoms with Crippen molar-refractivity contribution in [3.05, 3.63) is 40.8 Å². The standard InChI is InChI=1S/C18H19NO4S/c1-18(2,3)19-15(20)10-23-17(21)14-8-11-9-22-13-7-5-4-6-12(13)16(11)24-14/h4-8H,9-10H2,1-3H3,(H,19,20). The fraction of sp³-hybridized carbons (Fsp3) is 0.333. The van der Waals surface area contributed by atoms with Crippen LogP contribution in [0.1, 0.15) is 36.0 Å². The lowest BCUT2D eigenvalue weighted by Crippen LogP contribution is -2.42. The lowest BCUT2D eigenvalue weighted by Gasteiger charge is -2.20. The molecule has 1 N–H and O–H groups in total. The third kappa shape index (κ3) is 3.59. The van der Waals surface area contributed by atoms with Crippen LogP contribution in [0.15, 0.2) is 30.3 Å². The first kappa shape index (κ1) is 16.5. The fourth-order valence-electron chi connectivity index (χ4n) is 2.46. The molecule has 2 aromatic rings. The molecule has 1 amide bonds. The zero-order valence-corrected chi connectivity index (χ0v) is 14.7. The van der Waals surface area contributed by atoms with Crippen LogP contribution in [0.5, 0.6) is 5.75 Å². The van der Waals surface area contributed by atoms with Gasteiger partial charge in [0.2, 0.25) is 0 Å². The number of hydrogen-bond donors (Lipinski definition) is 1. The van der Waals surface area contributed by atoms with Crippen LogP contribution in [0.4, 0.5) is 0 Å². The highest BCUT2D eigenvalue weighted by Crippen LogP contribution is 2.42. The number of fused-ring (bicyclic) bond motifs is 3. The molecule has 0 aliphatic carbocycles. The number of carbonyl (C=O) groups excluding carboxylic acids is 2. The number of thiophene rings is 1. The zero-order valence-electron chi connectivity index (χ0n) is 13.8. The quantitative estimate of drug-likeness (QED) is 0.866. The normalized spacial score (nSPS) is 12.6. The van der Waals surface area contributed by atoms with Gasteiger partial charge in [0.15, 0.2) is 6.61 Å². The van der Waals surface area contributed by atoms with E-state index in [1.54, 1.807) is 6.07 Å². The molecule has 126 valence electrons. The third-order valence-electron chi connectivity index (χ3n) is 3.37. The number of hydrogen-bond acceptors (Lipinski definition) is 5. The van der Waals surface area contributed by atoms with E-state index in [4.69, 9.17) is 9.47 Å². The minimum Gasteiger partial charge on any atom is -0.488 e. The van der Waals surface area contributed by atoms with Crippen LogP contribution in [0.3, 0.4) is 0 Å². The van der Waals surface area contributed by atoms with Crippen LogP contribution in [-0.4, -0.2) is 24.0 Å². The Bertz CT molecular complexity index is 789. The highest BCUT2D eigenvalue weighted by molar-refractivity contribution is 7.17. The molecule has 1 aromatic carbocycles. The maximum absolute atomic E-state index is 12.2. The van der Waals surface area contributed by atoms with Crippen molar-refractivity contribution in [1.82, 2.24) is 5.32 Å². The van der Waals surface area contributed by atoms with Gasteiger partial charge >= 0.3 is 5.97 Å². The molecule has 3 rings (SSSR count). The van der Waals surface area contributed by atoms with Crippen molar-refractivity contribution < 1.29 is 19.1 Å². The summed E-state index contributed by atoms with van der Waals surface area (Å²) in [6.07, 6.45) is 0. The second-order valence-corrected chi connectivity index (χ2v) is 7.68. The van der Waals surface area contributed by atoms with Gasteiger partial charge in [-0.1, -0.05) is 12.1 Å². The van der Waals surface area contributed by atoms with Gasteiger partial charge in [0.25, 0.3) is 5.91 Å². The summed E-state index contributed by atoms with van der Waals surface area (Å²) in [4.78, 5) is 25.5. The van der Waals surface area contributed by atoms with Gasteiger partial charge in [0.05, 0.1) is 0 Å². The van der Waals surface area contributed by atoms with Gasteiger partial charge in [0.1, 0.15) is 17.2 Å². The Morgan fingerprint density at radius 2 is 2.04 bits per heavy atom. The van der Waals surface area contributed by atoms with Crippen molar-refractivity contribution in [3.63, 3.8) is 0 Å². The molecule has 0 atom stereocenters. The van der Waals surface area contributed by atoms with E-state index in [-0.39, 0.29) is 18.1 Å². The van der Waals surface area contributed by atoms with E-state index in [1.165, 1.54) is 11.3 Å². The molecule has 0 saturated heterocycles. The smallest absolute Gasteiger partial charge is 0.348 e. The topological polar surface area (TPSA) is 64.6 Å². The summed E-state index contributed by atoms with van der Waals surface area (Å²) in [5.74, 6) is 0.0121. The predicted molar refractivity (Wildman–Crippen MR) is 92.3 cm³/mol. The SMILES string of the molecule is CC(C)(C)NC(=O)COC(=O)c1cc2c(s1)-c1ccccc1OC2. The molecule has 5 nitrogen and oxygen atoms in total. The molecule has 0 radical (unpaired) electrons. The highest BCUT2D eigenvalue weighted by atomic mass is 32.1. The number of benzene rings is 1. The van der Waals surface area contributed by atoms with Crippen molar-refractivity contribution in [2.45, 2.75) is 32.9 Å². The van der Waals surface area contributed by atoms with Crippen LogP contribution < -0.4 is 10.1 Å². The van der Waals surface area contributed by atoms with Crippen molar-refractivity contribution in [1.29, 1.82) is 0 Å². The summed E-state index contributed by atoms with van der Waals surface area (Å²) < 4.78 is 10.8. The second kappa shape index (κ2) is 6.28. The van der Waals surface area contributed by atoms with Gasteiger partial charge in [-0.25, -0.2) is 4.79 Å². The fourth-order valence-corrected chi connectivity index (χ4v) is 3.55. The summed E-state index contributed by atoms with van der Waals surface area (Å²) in [5, 5.41) is 2.76. The number of esters is 1. The third-order valence-corrected chi connectivity index (χ3v) is 4.56. The number of amides is 1. The summed E-state index contributed by atoms with van der Waals surface area (Å²) in [6, 6.07) is 9.51. The van der Waals surface area contributed by atoms with E-state index in [0.29, 0.717) is 11.5 Å². The average molecular weight is 345 g/mol. The van der Waals surface area contributed by atoms with Gasteiger partial charge in [-0.3, -0.25) is 4.79 Å². The predicted octanol–water partition coefficient (Wildman–Crippen LogP) is 3.38. The molecule has 0 spiro atoms. The van der Waals surface area contributed by atoms with Gasteiger partial charge in [-0.15, -0.1) is 11.3 Å². The molecule has 6 heteroatoms. The molecule has 2 heterocycles. The minimum absolute atomic E-state index is 0.286. The summed E-state index contributed by atoms with van der Waals surface area (Å²) in [7, 11) is 0. The Balaban J connectivity index is 1.70. The molecule has 0 fully saturated rings.